The lowest BCUT2D eigenvalue weighted by Crippen LogP contribution is -2.41. The van der Waals surface area contributed by atoms with Crippen LogP contribution in [0.5, 0.6) is 0 Å². The van der Waals surface area contributed by atoms with Crippen LogP contribution in [0.3, 0.4) is 0 Å². The van der Waals surface area contributed by atoms with Gasteiger partial charge in [-0.05, 0) is 43.9 Å². The predicted molar refractivity (Wildman–Crippen MR) is 96.4 cm³/mol. The molecule has 0 radical (unpaired) electrons. The molecule has 0 aliphatic carbocycles. The van der Waals surface area contributed by atoms with Crippen molar-refractivity contribution >= 4 is 29.9 Å². The minimum Gasteiger partial charge on any atom is -0.364 e. The molecule has 7 heteroatoms. The minimum absolute atomic E-state index is 0. The van der Waals surface area contributed by atoms with Gasteiger partial charge in [-0.1, -0.05) is 12.1 Å². The molecule has 1 aromatic carbocycles. The number of benzene rings is 1. The SMILES string of the molecule is Cc1cccc(NC(=O)CN(C)C(=O)[C@@H]2CC[C@H](CN)O2)c1C.Cl. The topological polar surface area (TPSA) is 84.7 Å². The van der Waals surface area contributed by atoms with Crippen molar-refractivity contribution in [1.29, 1.82) is 0 Å². The third-order valence-corrected chi connectivity index (χ3v) is 4.28. The summed E-state index contributed by atoms with van der Waals surface area (Å²) in [6, 6.07) is 5.74. The largest absolute Gasteiger partial charge is 0.364 e. The number of ether oxygens (including phenoxy) is 1. The van der Waals surface area contributed by atoms with Crippen molar-refractivity contribution in [3.8, 4) is 0 Å². The molecular formula is C17H26ClN3O3. The van der Waals surface area contributed by atoms with Crippen LogP contribution < -0.4 is 11.1 Å². The molecule has 0 bridgehead atoms. The molecule has 1 aliphatic heterocycles. The van der Waals surface area contributed by atoms with Gasteiger partial charge in [-0.25, -0.2) is 0 Å². The number of aryl methyl sites for hydroxylation is 1. The Balaban J connectivity index is 0.00000288. The summed E-state index contributed by atoms with van der Waals surface area (Å²) in [6.07, 6.45) is 0.905. The Labute approximate surface area is 149 Å². The predicted octanol–water partition coefficient (Wildman–Crippen LogP) is 1.63. The van der Waals surface area contributed by atoms with Crippen molar-refractivity contribution in [2.45, 2.75) is 38.9 Å². The van der Waals surface area contributed by atoms with Crippen molar-refractivity contribution in [3.63, 3.8) is 0 Å². The fourth-order valence-electron chi connectivity index (χ4n) is 2.68. The second kappa shape index (κ2) is 9.01. The fraction of sp³-hybridized carbons (Fsp3) is 0.529. The first kappa shape index (κ1) is 20.4. The van der Waals surface area contributed by atoms with Crippen molar-refractivity contribution in [1.82, 2.24) is 4.90 Å². The number of rotatable bonds is 5. The molecule has 0 unspecified atom stereocenters. The molecule has 2 amide bonds. The Morgan fingerprint density at radius 2 is 2.04 bits per heavy atom. The van der Waals surface area contributed by atoms with E-state index in [9.17, 15) is 9.59 Å². The molecule has 134 valence electrons. The number of carbonyl (C=O) groups is 2. The highest BCUT2D eigenvalue weighted by Gasteiger charge is 2.32. The summed E-state index contributed by atoms with van der Waals surface area (Å²) in [6.45, 7) is 4.37. The third-order valence-electron chi connectivity index (χ3n) is 4.28. The first-order valence-electron chi connectivity index (χ1n) is 7.89. The molecule has 0 spiro atoms. The van der Waals surface area contributed by atoms with Crippen LogP contribution >= 0.6 is 12.4 Å². The summed E-state index contributed by atoms with van der Waals surface area (Å²) >= 11 is 0. The standard InChI is InChI=1S/C17H25N3O3.ClH/c1-11-5-4-6-14(12(11)2)19-16(21)10-20(3)17(22)15-8-7-13(9-18)23-15;/h4-6,13,15H,7-10,18H2,1-3H3,(H,19,21);1H/t13-,15+;/m1./s1. The van der Waals surface area contributed by atoms with Crippen LogP contribution in [0.15, 0.2) is 18.2 Å². The summed E-state index contributed by atoms with van der Waals surface area (Å²) in [5.41, 5.74) is 8.46. The lowest BCUT2D eigenvalue weighted by atomic mass is 10.1. The molecule has 1 aromatic rings. The summed E-state index contributed by atoms with van der Waals surface area (Å²) in [7, 11) is 1.62. The Morgan fingerprint density at radius 3 is 2.67 bits per heavy atom. The van der Waals surface area contributed by atoms with Gasteiger partial charge in [0.2, 0.25) is 5.91 Å². The van der Waals surface area contributed by atoms with Crippen LogP contribution in [0.4, 0.5) is 5.69 Å². The molecular weight excluding hydrogens is 330 g/mol. The number of hydrogen-bond acceptors (Lipinski definition) is 4. The molecule has 24 heavy (non-hydrogen) atoms. The zero-order valence-electron chi connectivity index (χ0n) is 14.4. The van der Waals surface area contributed by atoms with Crippen LogP contribution in [-0.4, -0.2) is 49.1 Å². The van der Waals surface area contributed by atoms with Crippen molar-refractivity contribution in [2.75, 3.05) is 25.5 Å². The van der Waals surface area contributed by atoms with Crippen molar-refractivity contribution in [2.24, 2.45) is 5.73 Å². The van der Waals surface area contributed by atoms with E-state index in [-0.39, 0.29) is 36.9 Å². The fourth-order valence-corrected chi connectivity index (χ4v) is 2.68. The molecule has 1 heterocycles. The maximum atomic E-state index is 12.3. The Morgan fingerprint density at radius 1 is 1.33 bits per heavy atom. The molecule has 6 nitrogen and oxygen atoms in total. The maximum Gasteiger partial charge on any atom is 0.251 e. The van der Waals surface area contributed by atoms with Gasteiger partial charge in [-0.2, -0.15) is 0 Å². The second-order valence-electron chi connectivity index (χ2n) is 6.05. The zero-order valence-corrected chi connectivity index (χ0v) is 15.2. The van der Waals surface area contributed by atoms with Gasteiger partial charge in [0.05, 0.1) is 12.6 Å². The van der Waals surface area contributed by atoms with Crippen LogP contribution in [0, 0.1) is 13.8 Å². The summed E-state index contributed by atoms with van der Waals surface area (Å²) in [5.74, 6) is -0.389. The van der Waals surface area contributed by atoms with Gasteiger partial charge in [-0.3, -0.25) is 9.59 Å². The van der Waals surface area contributed by atoms with E-state index in [0.717, 1.165) is 23.2 Å². The molecule has 1 aliphatic rings. The zero-order chi connectivity index (χ0) is 17.0. The van der Waals surface area contributed by atoms with E-state index < -0.39 is 6.10 Å². The van der Waals surface area contributed by atoms with E-state index in [2.05, 4.69) is 5.32 Å². The summed E-state index contributed by atoms with van der Waals surface area (Å²) in [5, 5.41) is 2.85. The summed E-state index contributed by atoms with van der Waals surface area (Å²) in [4.78, 5) is 25.9. The number of nitrogens with zero attached hydrogens (tertiary/aromatic N) is 1. The number of halogens is 1. The first-order chi connectivity index (χ1) is 10.9. The Kier molecular flexibility index (Phi) is 7.66. The highest BCUT2D eigenvalue weighted by Crippen LogP contribution is 2.21. The van der Waals surface area contributed by atoms with Gasteiger partial charge in [0.25, 0.3) is 5.91 Å². The second-order valence-corrected chi connectivity index (χ2v) is 6.05. The average Bonchev–Trinajstić information content (AvgIpc) is 3.00. The number of likely N-dealkylation sites (N-methyl/N-ethyl adjacent to an activating group) is 1. The monoisotopic (exact) mass is 355 g/mol. The highest BCUT2D eigenvalue weighted by atomic mass is 35.5. The quantitative estimate of drug-likeness (QED) is 0.840. The van der Waals surface area contributed by atoms with Crippen LogP contribution in [0.1, 0.15) is 24.0 Å². The van der Waals surface area contributed by atoms with E-state index in [1.165, 1.54) is 4.90 Å². The van der Waals surface area contributed by atoms with Gasteiger partial charge in [-0.15, -0.1) is 12.4 Å². The molecule has 1 fully saturated rings. The summed E-state index contributed by atoms with van der Waals surface area (Å²) < 4.78 is 5.58. The van der Waals surface area contributed by atoms with E-state index >= 15 is 0 Å². The maximum absolute atomic E-state index is 12.3. The Hall–Kier alpha value is -1.63. The van der Waals surface area contributed by atoms with Gasteiger partial charge in [0.1, 0.15) is 6.10 Å². The first-order valence-corrected chi connectivity index (χ1v) is 7.89. The van der Waals surface area contributed by atoms with Crippen molar-refractivity contribution < 1.29 is 14.3 Å². The highest BCUT2D eigenvalue weighted by molar-refractivity contribution is 5.95. The van der Waals surface area contributed by atoms with Crippen molar-refractivity contribution in [3.05, 3.63) is 29.3 Å². The third kappa shape index (κ3) is 4.93. The normalized spacial score (nSPS) is 19.5. The van der Waals surface area contributed by atoms with Crippen LogP contribution in [-0.2, 0) is 14.3 Å². The number of nitrogens with one attached hydrogen (secondary N) is 1. The molecule has 0 aromatic heterocycles. The van der Waals surface area contributed by atoms with Gasteiger partial charge < -0.3 is 20.7 Å². The molecule has 2 atom stereocenters. The number of anilines is 1. The van der Waals surface area contributed by atoms with E-state index in [0.29, 0.717) is 13.0 Å². The molecule has 0 saturated carbocycles. The number of carbonyl (C=O) groups excluding carboxylic acids is 2. The minimum atomic E-state index is -0.484. The molecule has 2 rings (SSSR count). The Bertz CT molecular complexity index is 594. The number of amides is 2. The van der Waals surface area contributed by atoms with Crippen LogP contribution in [0.25, 0.3) is 0 Å². The number of hydrogen-bond donors (Lipinski definition) is 2. The molecule has 1 saturated heterocycles. The number of nitrogens with two attached hydrogens (primary N) is 1. The van der Waals surface area contributed by atoms with Crippen LogP contribution in [0.2, 0.25) is 0 Å². The van der Waals surface area contributed by atoms with Gasteiger partial charge >= 0.3 is 0 Å². The smallest absolute Gasteiger partial charge is 0.251 e. The lowest BCUT2D eigenvalue weighted by molar-refractivity contribution is -0.143. The van der Waals surface area contributed by atoms with E-state index in [1.54, 1.807) is 7.05 Å². The van der Waals surface area contributed by atoms with E-state index in [1.807, 2.05) is 32.0 Å². The van der Waals surface area contributed by atoms with Gasteiger partial charge in [0.15, 0.2) is 0 Å². The lowest BCUT2D eigenvalue weighted by Gasteiger charge is -2.21. The molecule has 3 N–H and O–H groups in total. The van der Waals surface area contributed by atoms with Gasteiger partial charge in [0, 0.05) is 19.3 Å². The average molecular weight is 356 g/mol. The van der Waals surface area contributed by atoms with E-state index in [4.69, 9.17) is 10.5 Å².